The number of ether oxygens (including phenoxy) is 1. The van der Waals surface area contributed by atoms with E-state index in [1.807, 2.05) is 11.4 Å². The van der Waals surface area contributed by atoms with Crippen molar-refractivity contribution < 1.29 is 19.4 Å². The van der Waals surface area contributed by atoms with E-state index in [0.29, 0.717) is 19.4 Å². The third-order valence-electron chi connectivity index (χ3n) is 3.40. The molecular formula is C14H19NO4S. The lowest BCUT2D eigenvalue weighted by atomic mass is 9.94. The highest BCUT2D eigenvalue weighted by atomic mass is 32.1. The second-order valence-corrected chi connectivity index (χ2v) is 6.17. The van der Waals surface area contributed by atoms with Gasteiger partial charge in [-0.05, 0) is 30.7 Å². The molecule has 0 bridgehead atoms. The first kappa shape index (κ1) is 15.0. The Balaban J connectivity index is 1.78. The van der Waals surface area contributed by atoms with Gasteiger partial charge in [-0.3, -0.25) is 9.59 Å². The van der Waals surface area contributed by atoms with Crippen molar-refractivity contribution in [3.8, 4) is 0 Å². The van der Waals surface area contributed by atoms with E-state index in [9.17, 15) is 9.59 Å². The Morgan fingerprint density at radius 1 is 1.50 bits per heavy atom. The minimum Gasteiger partial charge on any atom is -0.481 e. The fraction of sp³-hybridized carbons (Fsp3) is 0.571. The fourth-order valence-electron chi connectivity index (χ4n) is 2.42. The quantitative estimate of drug-likeness (QED) is 0.805. The van der Waals surface area contributed by atoms with E-state index in [1.54, 1.807) is 11.3 Å². The Morgan fingerprint density at radius 3 is 2.95 bits per heavy atom. The van der Waals surface area contributed by atoms with Gasteiger partial charge in [0.2, 0.25) is 5.91 Å². The van der Waals surface area contributed by atoms with Gasteiger partial charge in [-0.25, -0.2) is 0 Å². The van der Waals surface area contributed by atoms with Crippen molar-refractivity contribution in [3.63, 3.8) is 0 Å². The van der Waals surface area contributed by atoms with Gasteiger partial charge in [0.1, 0.15) is 0 Å². The van der Waals surface area contributed by atoms with E-state index >= 15 is 0 Å². The number of hydrogen-bond acceptors (Lipinski definition) is 4. The van der Waals surface area contributed by atoms with Crippen LogP contribution in [0.4, 0.5) is 0 Å². The van der Waals surface area contributed by atoms with E-state index in [2.05, 4.69) is 11.4 Å². The predicted molar refractivity (Wildman–Crippen MR) is 75.8 cm³/mol. The predicted octanol–water partition coefficient (Wildman–Crippen LogP) is 1.82. The van der Waals surface area contributed by atoms with Crippen LogP contribution < -0.4 is 5.32 Å². The molecule has 110 valence electrons. The summed E-state index contributed by atoms with van der Waals surface area (Å²) in [6, 6.07) is 4.05. The highest BCUT2D eigenvalue weighted by molar-refractivity contribution is 7.09. The Labute approximate surface area is 121 Å². The fourth-order valence-corrected chi connectivity index (χ4v) is 3.17. The third-order valence-corrected chi connectivity index (χ3v) is 4.34. The largest absolute Gasteiger partial charge is 0.481 e. The standard InChI is InChI=1S/C14H19NO4S/c16-12(5-1-3-11-4-2-8-20-11)15-14(9-13(17)18)6-7-19-10-14/h2,4,8H,1,3,5-7,9-10H2,(H,15,16)(H,17,18). The zero-order valence-electron chi connectivity index (χ0n) is 11.3. The molecule has 0 aliphatic carbocycles. The van der Waals surface area contributed by atoms with Crippen LogP contribution in [0.3, 0.4) is 0 Å². The number of aryl methyl sites for hydroxylation is 1. The van der Waals surface area contributed by atoms with Crippen LogP contribution in [0.2, 0.25) is 0 Å². The Hall–Kier alpha value is -1.40. The van der Waals surface area contributed by atoms with Gasteiger partial charge in [0.25, 0.3) is 0 Å². The molecule has 1 saturated heterocycles. The average molecular weight is 297 g/mol. The number of carbonyl (C=O) groups is 2. The summed E-state index contributed by atoms with van der Waals surface area (Å²) >= 11 is 1.69. The number of rotatable bonds is 7. The lowest BCUT2D eigenvalue weighted by Crippen LogP contribution is -2.50. The van der Waals surface area contributed by atoms with E-state index in [0.717, 1.165) is 12.8 Å². The number of carboxylic acid groups (broad SMARTS) is 1. The number of thiophene rings is 1. The number of amides is 1. The molecule has 0 saturated carbocycles. The van der Waals surface area contributed by atoms with Crippen LogP contribution in [0.25, 0.3) is 0 Å². The lowest BCUT2D eigenvalue weighted by Gasteiger charge is -2.27. The number of carbonyl (C=O) groups excluding carboxylic acids is 1. The maximum atomic E-state index is 12.0. The van der Waals surface area contributed by atoms with Crippen molar-refractivity contribution in [1.29, 1.82) is 0 Å². The molecule has 1 aromatic rings. The van der Waals surface area contributed by atoms with Crippen molar-refractivity contribution in [2.45, 2.75) is 37.6 Å². The van der Waals surface area contributed by atoms with Gasteiger partial charge in [0.15, 0.2) is 0 Å². The van der Waals surface area contributed by atoms with Gasteiger partial charge in [0.05, 0.1) is 18.6 Å². The molecule has 20 heavy (non-hydrogen) atoms. The molecule has 2 heterocycles. The third kappa shape index (κ3) is 4.31. The van der Waals surface area contributed by atoms with Crippen LogP contribution in [0.1, 0.15) is 30.6 Å². The molecular weight excluding hydrogens is 278 g/mol. The van der Waals surface area contributed by atoms with Crippen LogP contribution in [0.5, 0.6) is 0 Å². The Morgan fingerprint density at radius 2 is 2.35 bits per heavy atom. The van der Waals surface area contributed by atoms with Crippen molar-refractivity contribution >= 4 is 23.2 Å². The molecule has 1 atom stereocenters. The number of aliphatic carboxylic acids is 1. The molecule has 6 heteroatoms. The number of nitrogens with one attached hydrogen (secondary N) is 1. The second kappa shape index (κ2) is 6.85. The maximum absolute atomic E-state index is 12.0. The van der Waals surface area contributed by atoms with Crippen molar-refractivity contribution in [2.75, 3.05) is 13.2 Å². The highest BCUT2D eigenvalue weighted by Crippen LogP contribution is 2.23. The van der Waals surface area contributed by atoms with E-state index in [1.165, 1.54) is 4.88 Å². The average Bonchev–Trinajstić information content (AvgIpc) is 3.00. The molecule has 1 unspecified atom stereocenters. The lowest BCUT2D eigenvalue weighted by molar-refractivity contribution is -0.139. The summed E-state index contributed by atoms with van der Waals surface area (Å²) in [5.41, 5.74) is -0.716. The highest BCUT2D eigenvalue weighted by Gasteiger charge is 2.38. The Bertz CT molecular complexity index is 452. The molecule has 1 fully saturated rings. The molecule has 1 amide bonds. The molecule has 0 spiro atoms. The van der Waals surface area contributed by atoms with Gasteiger partial charge >= 0.3 is 5.97 Å². The molecule has 1 aliphatic rings. The minimum atomic E-state index is -0.908. The normalized spacial score (nSPS) is 21.8. The van der Waals surface area contributed by atoms with E-state index in [4.69, 9.17) is 9.84 Å². The molecule has 1 aromatic heterocycles. The van der Waals surface area contributed by atoms with Gasteiger partial charge in [0, 0.05) is 17.9 Å². The molecule has 0 aromatic carbocycles. The van der Waals surface area contributed by atoms with Crippen LogP contribution in [0, 0.1) is 0 Å². The number of hydrogen-bond donors (Lipinski definition) is 2. The van der Waals surface area contributed by atoms with Gasteiger partial charge in [-0.1, -0.05) is 6.07 Å². The minimum absolute atomic E-state index is 0.0797. The monoisotopic (exact) mass is 297 g/mol. The Kier molecular flexibility index (Phi) is 5.14. The van der Waals surface area contributed by atoms with E-state index in [-0.39, 0.29) is 18.9 Å². The summed E-state index contributed by atoms with van der Waals surface area (Å²) < 4.78 is 5.25. The first-order chi connectivity index (χ1) is 9.60. The SMILES string of the molecule is O=C(O)CC1(NC(=O)CCCc2cccs2)CCOC1. The molecule has 2 rings (SSSR count). The maximum Gasteiger partial charge on any atom is 0.305 e. The molecule has 0 radical (unpaired) electrons. The smallest absolute Gasteiger partial charge is 0.305 e. The summed E-state index contributed by atoms with van der Waals surface area (Å²) in [5.74, 6) is -0.998. The summed E-state index contributed by atoms with van der Waals surface area (Å²) in [7, 11) is 0. The number of carboxylic acids is 1. The van der Waals surface area contributed by atoms with Crippen molar-refractivity contribution in [3.05, 3.63) is 22.4 Å². The molecule has 2 N–H and O–H groups in total. The zero-order valence-corrected chi connectivity index (χ0v) is 12.1. The van der Waals surface area contributed by atoms with Gasteiger partial charge in [-0.2, -0.15) is 0 Å². The summed E-state index contributed by atoms with van der Waals surface area (Å²) in [5, 5.41) is 13.8. The second-order valence-electron chi connectivity index (χ2n) is 5.13. The van der Waals surface area contributed by atoms with Crippen molar-refractivity contribution in [1.82, 2.24) is 5.32 Å². The first-order valence-corrected chi connectivity index (χ1v) is 7.61. The zero-order chi connectivity index (χ0) is 14.4. The molecule has 1 aliphatic heterocycles. The summed E-state index contributed by atoms with van der Waals surface area (Å²) in [6.07, 6.45) is 2.56. The van der Waals surface area contributed by atoms with Crippen LogP contribution in [-0.4, -0.2) is 35.7 Å². The molecule has 5 nitrogen and oxygen atoms in total. The topological polar surface area (TPSA) is 75.6 Å². The van der Waals surface area contributed by atoms with Crippen LogP contribution >= 0.6 is 11.3 Å². The summed E-state index contributed by atoms with van der Waals surface area (Å²) in [4.78, 5) is 24.1. The van der Waals surface area contributed by atoms with Crippen molar-refractivity contribution in [2.24, 2.45) is 0 Å². The van der Waals surface area contributed by atoms with Crippen LogP contribution in [-0.2, 0) is 20.7 Å². The van der Waals surface area contributed by atoms with E-state index < -0.39 is 11.5 Å². The summed E-state index contributed by atoms with van der Waals surface area (Å²) in [6.45, 7) is 0.790. The first-order valence-electron chi connectivity index (χ1n) is 6.73. The van der Waals surface area contributed by atoms with Gasteiger partial charge < -0.3 is 15.2 Å². The van der Waals surface area contributed by atoms with Crippen LogP contribution in [0.15, 0.2) is 17.5 Å². The van der Waals surface area contributed by atoms with Gasteiger partial charge in [-0.15, -0.1) is 11.3 Å².